The molecule has 0 aliphatic rings. The highest BCUT2D eigenvalue weighted by Crippen LogP contribution is 2.35. The summed E-state index contributed by atoms with van der Waals surface area (Å²) in [6.45, 7) is 1.61. The maximum atomic E-state index is 12.7. The van der Waals surface area contributed by atoms with Crippen molar-refractivity contribution >= 4 is 19.7 Å². The lowest BCUT2D eigenvalue weighted by molar-refractivity contribution is 0.147. The average Bonchev–Trinajstić information content (AvgIpc) is 2.18. The molecule has 0 radical (unpaired) electrons. The fourth-order valence-corrected chi connectivity index (χ4v) is 2.54. The highest BCUT2D eigenvalue weighted by molar-refractivity contribution is 8.13. The Bertz CT molecular complexity index is 515. The molecule has 0 atom stereocenters. The maximum absolute atomic E-state index is 12.7. The highest BCUT2D eigenvalue weighted by atomic mass is 35.7. The molecule has 0 aromatic heterocycles. The number of hydrogen-bond acceptors (Lipinski definition) is 3. The Hall–Kier alpha value is -0.880. The van der Waals surface area contributed by atoms with Gasteiger partial charge >= 0.3 is 0 Å². The fraction of sp³-hybridized carbons (Fsp3) is 0.400. The molecule has 96 valence electrons. The third-order valence-electron chi connectivity index (χ3n) is 2.28. The summed E-state index contributed by atoms with van der Waals surface area (Å²) in [5.41, 5.74) is 0.365. The molecule has 17 heavy (non-hydrogen) atoms. The lowest BCUT2D eigenvalue weighted by atomic mass is 10.0. The summed E-state index contributed by atoms with van der Waals surface area (Å²) in [6, 6.07) is 2.63. The van der Waals surface area contributed by atoms with Gasteiger partial charge in [-0.2, -0.15) is 0 Å². The van der Waals surface area contributed by atoms with Gasteiger partial charge in [0.25, 0.3) is 6.43 Å². The molecule has 0 saturated heterocycles. The van der Waals surface area contributed by atoms with Crippen LogP contribution in [0.1, 0.15) is 23.1 Å². The third-order valence-corrected chi connectivity index (χ3v) is 3.24. The van der Waals surface area contributed by atoms with Crippen LogP contribution in [0.15, 0.2) is 12.1 Å². The van der Waals surface area contributed by atoms with Crippen LogP contribution in [-0.2, 0) is 14.8 Å². The van der Waals surface area contributed by atoms with E-state index in [0.29, 0.717) is 5.56 Å². The van der Waals surface area contributed by atoms with Crippen molar-refractivity contribution in [3.63, 3.8) is 0 Å². The van der Waals surface area contributed by atoms with E-state index >= 15 is 0 Å². The number of rotatable bonds is 4. The molecule has 1 aromatic rings. The van der Waals surface area contributed by atoms with Gasteiger partial charge < -0.3 is 4.74 Å². The zero-order valence-corrected chi connectivity index (χ0v) is 10.8. The van der Waals surface area contributed by atoms with Gasteiger partial charge in [0.05, 0.1) is 18.4 Å². The first-order valence-corrected chi connectivity index (χ1v) is 7.11. The van der Waals surface area contributed by atoms with Gasteiger partial charge in [-0.25, -0.2) is 17.2 Å². The SMILES string of the molecule is COc1c(C(F)F)ccc(C)c1CS(=O)(=O)Cl. The van der Waals surface area contributed by atoms with Gasteiger partial charge in [0, 0.05) is 16.2 Å². The van der Waals surface area contributed by atoms with Crippen molar-refractivity contribution < 1.29 is 21.9 Å². The van der Waals surface area contributed by atoms with E-state index in [2.05, 4.69) is 0 Å². The van der Waals surface area contributed by atoms with Crippen molar-refractivity contribution in [1.82, 2.24) is 0 Å². The summed E-state index contributed by atoms with van der Waals surface area (Å²) in [5.74, 6) is -0.659. The van der Waals surface area contributed by atoms with Gasteiger partial charge in [0.2, 0.25) is 9.05 Å². The number of benzene rings is 1. The topological polar surface area (TPSA) is 43.4 Å². The van der Waals surface area contributed by atoms with Crippen LogP contribution < -0.4 is 4.74 Å². The molecule has 0 bridgehead atoms. The molecule has 0 aliphatic carbocycles. The Morgan fingerprint density at radius 2 is 2.00 bits per heavy atom. The van der Waals surface area contributed by atoms with E-state index in [1.807, 2.05) is 0 Å². The standard InChI is InChI=1S/C10H11ClF2O3S/c1-6-3-4-7(10(12)13)9(16-2)8(6)5-17(11,14)15/h3-4,10H,5H2,1-2H3. The lowest BCUT2D eigenvalue weighted by Crippen LogP contribution is -2.04. The van der Waals surface area contributed by atoms with Gasteiger partial charge in [-0.05, 0) is 18.6 Å². The molecule has 0 N–H and O–H groups in total. The van der Waals surface area contributed by atoms with Crippen molar-refractivity contribution in [2.45, 2.75) is 19.1 Å². The largest absolute Gasteiger partial charge is 0.496 e. The van der Waals surface area contributed by atoms with Crippen molar-refractivity contribution in [3.8, 4) is 5.75 Å². The van der Waals surface area contributed by atoms with E-state index < -0.39 is 21.2 Å². The molecule has 0 spiro atoms. The lowest BCUT2D eigenvalue weighted by Gasteiger charge is -2.14. The van der Waals surface area contributed by atoms with Crippen molar-refractivity contribution in [1.29, 1.82) is 0 Å². The van der Waals surface area contributed by atoms with Crippen LogP contribution in [0.3, 0.4) is 0 Å². The predicted octanol–water partition coefficient (Wildman–Crippen LogP) is 3.01. The Kier molecular flexibility index (Phi) is 4.32. The van der Waals surface area contributed by atoms with Crippen LogP contribution in [0, 0.1) is 6.92 Å². The van der Waals surface area contributed by atoms with E-state index in [4.69, 9.17) is 15.4 Å². The van der Waals surface area contributed by atoms with Crippen molar-refractivity contribution in [2.75, 3.05) is 7.11 Å². The highest BCUT2D eigenvalue weighted by Gasteiger charge is 2.21. The Morgan fingerprint density at radius 1 is 1.41 bits per heavy atom. The molecule has 0 saturated carbocycles. The molecule has 7 heteroatoms. The van der Waals surface area contributed by atoms with Crippen LogP contribution in [0.5, 0.6) is 5.75 Å². The minimum absolute atomic E-state index is 0.121. The molecule has 1 rings (SSSR count). The number of alkyl halides is 2. The second kappa shape index (κ2) is 5.18. The zero-order valence-electron chi connectivity index (χ0n) is 9.21. The quantitative estimate of drug-likeness (QED) is 0.798. The van der Waals surface area contributed by atoms with Gasteiger partial charge in [-0.15, -0.1) is 0 Å². The second-order valence-corrected chi connectivity index (χ2v) is 6.24. The minimum Gasteiger partial charge on any atom is -0.496 e. The fourth-order valence-electron chi connectivity index (χ4n) is 1.51. The van der Waals surface area contributed by atoms with Gasteiger partial charge in [-0.1, -0.05) is 6.07 Å². The van der Waals surface area contributed by atoms with Crippen LogP contribution in [0.4, 0.5) is 8.78 Å². The summed E-state index contributed by atoms with van der Waals surface area (Å²) >= 11 is 0. The van der Waals surface area contributed by atoms with E-state index in [9.17, 15) is 17.2 Å². The first-order chi connectivity index (χ1) is 7.76. The maximum Gasteiger partial charge on any atom is 0.267 e. The Morgan fingerprint density at radius 3 is 2.41 bits per heavy atom. The van der Waals surface area contributed by atoms with Crippen LogP contribution in [0.2, 0.25) is 0 Å². The van der Waals surface area contributed by atoms with Gasteiger partial charge in [0.15, 0.2) is 0 Å². The third kappa shape index (κ3) is 3.54. The molecular formula is C10H11ClF2O3S. The molecule has 0 aliphatic heterocycles. The van der Waals surface area contributed by atoms with E-state index in [1.54, 1.807) is 6.92 Å². The number of halogens is 3. The van der Waals surface area contributed by atoms with E-state index in [-0.39, 0.29) is 16.9 Å². The molecule has 3 nitrogen and oxygen atoms in total. The molecule has 0 unspecified atom stereocenters. The van der Waals surface area contributed by atoms with E-state index in [1.165, 1.54) is 19.2 Å². The van der Waals surface area contributed by atoms with Crippen molar-refractivity contribution in [3.05, 3.63) is 28.8 Å². The molecule has 1 aromatic carbocycles. The Balaban J connectivity index is 3.41. The summed E-state index contributed by atoms with van der Waals surface area (Å²) in [7, 11) is 2.52. The summed E-state index contributed by atoms with van der Waals surface area (Å²) in [5, 5.41) is 0. The van der Waals surface area contributed by atoms with Gasteiger partial charge in [0.1, 0.15) is 5.75 Å². The monoisotopic (exact) mass is 284 g/mol. The molecular weight excluding hydrogens is 274 g/mol. The zero-order chi connectivity index (χ0) is 13.2. The van der Waals surface area contributed by atoms with E-state index in [0.717, 1.165) is 0 Å². The number of aryl methyl sites for hydroxylation is 1. The first-order valence-electron chi connectivity index (χ1n) is 4.63. The minimum atomic E-state index is -3.83. The first kappa shape index (κ1) is 14.2. The van der Waals surface area contributed by atoms with Crippen LogP contribution in [0.25, 0.3) is 0 Å². The van der Waals surface area contributed by atoms with Crippen LogP contribution in [-0.4, -0.2) is 15.5 Å². The predicted molar refractivity (Wildman–Crippen MR) is 61.2 cm³/mol. The van der Waals surface area contributed by atoms with Gasteiger partial charge in [-0.3, -0.25) is 0 Å². The number of ether oxygens (including phenoxy) is 1. The normalized spacial score (nSPS) is 11.9. The summed E-state index contributed by atoms with van der Waals surface area (Å²) < 4.78 is 52.3. The second-order valence-electron chi connectivity index (χ2n) is 3.47. The van der Waals surface area contributed by atoms with Crippen LogP contribution >= 0.6 is 10.7 Å². The summed E-state index contributed by atoms with van der Waals surface area (Å²) in [4.78, 5) is 0. The smallest absolute Gasteiger partial charge is 0.267 e. The number of hydrogen-bond donors (Lipinski definition) is 0. The summed E-state index contributed by atoms with van der Waals surface area (Å²) in [6.07, 6.45) is -2.73. The molecule has 0 fully saturated rings. The average molecular weight is 285 g/mol. The Labute approximate surface area is 103 Å². The molecule has 0 heterocycles. The number of methoxy groups -OCH3 is 1. The van der Waals surface area contributed by atoms with Crippen molar-refractivity contribution in [2.24, 2.45) is 0 Å². The molecule has 0 amide bonds.